The Morgan fingerprint density at radius 1 is 1.27 bits per heavy atom. The van der Waals surface area contributed by atoms with Gasteiger partial charge >= 0.3 is 0 Å². The molecule has 3 heterocycles. The van der Waals surface area contributed by atoms with Gasteiger partial charge in [-0.05, 0) is 67.8 Å². The molecule has 1 aliphatic carbocycles. The average molecular weight is 504 g/mol. The Balaban J connectivity index is 1.27. The molecule has 9 heteroatoms. The molecule has 0 radical (unpaired) electrons. The lowest BCUT2D eigenvalue weighted by Gasteiger charge is -2.34. The number of aliphatic hydroxyl groups is 2. The van der Waals surface area contributed by atoms with E-state index in [2.05, 4.69) is 20.2 Å². The molecule has 1 fully saturated rings. The second kappa shape index (κ2) is 11.1. The number of rotatable bonds is 8. The van der Waals surface area contributed by atoms with E-state index in [0.29, 0.717) is 30.2 Å². The Morgan fingerprint density at radius 3 is 3.00 bits per heavy atom. The number of ether oxygens (including phenoxy) is 1. The van der Waals surface area contributed by atoms with Gasteiger partial charge in [-0.3, -0.25) is 9.69 Å². The number of nitrogens with zero attached hydrogens (tertiary/aromatic N) is 3. The van der Waals surface area contributed by atoms with Crippen LogP contribution in [-0.4, -0.2) is 75.4 Å². The quantitative estimate of drug-likeness (QED) is 0.371. The topological polar surface area (TPSA) is 124 Å². The van der Waals surface area contributed by atoms with Crippen molar-refractivity contribution in [1.82, 2.24) is 25.2 Å². The molecule has 2 aliphatic rings. The second-order valence-electron chi connectivity index (χ2n) is 9.58. The fourth-order valence-corrected chi connectivity index (χ4v) is 5.24. The molecule has 194 valence electrons. The van der Waals surface area contributed by atoms with E-state index < -0.39 is 0 Å². The molecule has 37 heavy (non-hydrogen) atoms. The molecular formula is C28H33N5O4. The molecular weight excluding hydrogens is 470 g/mol. The zero-order valence-electron chi connectivity index (χ0n) is 21.0. The standard InChI is InChI=1S/C28H33N5O4/c1-37-28-21(6-4-11-30-28)18-8-10-25(35)22(15-18)26-31-23-9-7-19(16-24(23)32-26)27(36)29-12-14-33-13-3-2-5-20(33)17-34/h4,6-11,16,20,22,34-35H,2-3,5,12-15,17H2,1H3,(H,29,36)(H,31,32). The summed E-state index contributed by atoms with van der Waals surface area (Å²) < 4.78 is 5.41. The molecule has 2 unspecified atom stereocenters. The number of amides is 1. The molecule has 5 rings (SSSR count). The zero-order valence-corrected chi connectivity index (χ0v) is 21.0. The summed E-state index contributed by atoms with van der Waals surface area (Å²) in [5, 5.41) is 23.2. The fourth-order valence-electron chi connectivity index (χ4n) is 5.24. The first-order valence-electron chi connectivity index (χ1n) is 12.8. The van der Waals surface area contributed by atoms with Crippen LogP contribution in [0.1, 0.15) is 53.3 Å². The van der Waals surface area contributed by atoms with E-state index >= 15 is 0 Å². The molecule has 0 spiro atoms. The molecule has 3 aromatic rings. The number of hydrogen-bond donors (Lipinski definition) is 4. The van der Waals surface area contributed by atoms with Gasteiger partial charge in [-0.1, -0.05) is 12.5 Å². The number of hydrogen-bond acceptors (Lipinski definition) is 7. The van der Waals surface area contributed by atoms with Crippen molar-refractivity contribution >= 4 is 22.5 Å². The maximum Gasteiger partial charge on any atom is 0.251 e. The highest BCUT2D eigenvalue weighted by Gasteiger charge is 2.26. The van der Waals surface area contributed by atoms with Crippen molar-refractivity contribution in [2.75, 3.05) is 33.4 Å². The number of imidazole rings is 1. The van der Waals surface area contributed by atoms with E-state index in [1.165, 1.54) is 0 Å². The Morgan fingerprint density at radius 2 is 2.16 bits per heavy atom. The molecule has 1 aromatic carbocycles. The maximum atomic E-state index is 12.8. The van der Waals surface area contributed by atoms with Crippen LogP contribution in [0.5, 0.6) is 5.88 Å². The minimum Gasteiger partial charge on any atom is -0.512 e. The molecule has 9 nitrogen and oxygen atoms in total. The molecule has 4 N–H and O–H groups in total. The molecule has 0 saturated carbocycles. The summed E-state index contributed by atoms with van der Waals surface area (Å²) in [5.41, 5.74) is 3.88. The second-order valence-corrected chi connectivity index (χ2v) is 9.58. The van der Waals surface area contributed by atoms with Gasteiger partial charge in [-0.2, -0.15) is 0 Å². The van der Waals surface area contributed by atoms with Crippen LogP contribution in [0.2, 0.25) is 0 Å². The van der Waals surface area contributed by atoms with Crippen LogP contribution in [0, 0.1) is 0 Å². The van der Waals surface area contributed by atoms with E-state index in [-0.39, 0.29) is 30.2 Å². The monoisotopic (exact) mass is 503 g/mol. The minimum atomic E-state index is -0.349. The Labute approximate surface area is 215 Å². The Kier molecular flexibility index (Phi) is 7.52. The van der Waals surface area contributed by atoms with Gasteiger partial charge in [0.05, 0.1) is 30.7 Å². The summed E-state index contributed by atoms with van der Waals surface area (Å²) >= 11 is 0. The van der Waals surface area contributed by atoms with Crippen LogP contribution in [0.15, 0.2) is 54.4 Å². The van der Waals surface area contributed by atoms with Gasteiger partial charge in [0.25, 0.3) is 5.91 Å². The van der Waals surface area contributed by atoms with Crippen molar-refractivity contribution in [2.24, 2.45) is 0 Å². The van der Waals surface area contributed by atoms with Crippen molar-refractivity contribution < 1.29 is 19.7 Å². The number of aromatic nitrogens is 3. The summed E-state index contributed by atoms with van der Waals surface area (Å²) in [6.45, 7) is 2.36. The minimum absolute atomic E-state index is 0.148. The van der Waals surface area contributed by atoms with E-state index in [1.807, 2.05) is 24.3 Å². The Bertz CT molecular complexity index is 1330. The summed E-state index contributed by atoms with van der Waals surface area (Å²) in [6.07, 6.45) is 9.05. The van der Waals surface area contributed by atoms with Crippen LogP contribution in [0.25, 0.3) is 16.6 Å². The predicted molar refractivity (Wildman–Crippen MR) is 142 cm³/mol. The number of methoxy groups -OCH3 is 1. The highest BCUT2D eigenvalue weighted by Crippen LogP contribution is 2.38. The summed E-state index contributed by atoms with van der Waals surface area (Å²) in [7, 11) is 1.59. The number of carbonyl (C=O) groups is 1. The zero-order chi connectivity index (χ0) is 25.8. The van der Waals surface area contributed by atoms with Crippen molar-refractivity contribution in [3.63, 3.8) is 0 Å². The van der Waals surface area contributed by atoms with Gasteiger partial charge in [-0.15, -0.1) is 0 Å². The third kappa shape index (κ3) is 5.38. The first-order chi connectivity index (χ1) is 18.1. The number of pyridine rings is 1. The van der Waals surface area contributed by atoms with Crippen LogP contribution in [0.3, 0.4) is 0 Å². The van der Waals surface area contributed by atoms with Gasteiger partial charge in [-0.25, -0.2) is 9.97 Å². The first-order valence-corrected chi connectivity index (χ1v) is 12.8. The van der Waals surface area contributed by atoms with Crippen molar-refractivity contribution in [2.45, 2.75) is 37.6 Å². The van der Waals surface area contributed by atoms with Gasteiger partial charge < -0.3 is 25.3 Å². The van der Waals surface area contributed by atoms with Crippen molar-refractivity contribution in [3.05, 3.63) is 71.4 Å². The van der Waals surface area contributed by atoms with Gasteiger partial charge in [0.15, 0.2) is 0 Å². The summed E-state index contributed by atoms with van der Waals surface area (Å²) in [6, 6.07) is 9.37. The number of nitrogens with one attached hydrogen (secondary N) is 2. The van der Waals surface area contributed by atoms with E-state index in [1.54, 1.807) is 31.5 Å². The van der Waals surface area contributed by atoms with Crippen LogP contribution >= 0.6 is 0 Å². The van der Waals surface area contributed by atoms with Crippen LogP contribution < -0.4 is 10.1 Å². The van der Waals surface area contributed by atoms with E-state index in [9.17, 15) is 15.0 Å². The molecule has 2 aromatic heterocycles. The van der Waals surface area contributed by atoms with E-state index in [0.717, 1.165) is 54.5 Å². The predicted octanol–water partition coefficient (Wildman–Crippen LogP) is 3.56. The van der Waals surface area contributed by atoms with Crippen LogP contribution in [0.4, 0.5) is 0 Å². The lowest BCUT2D eigenvalue weighted by atomic mass is 9.88. The van der Waals surface area contributed by atoms with Gasteiger partial charge in [0.2, 0.25) is 5.88 Å². The molecule has 2 atom stereocenters. The summed E-state index contributed by atoms with van der Waals surface area (Å²) in [5.74, 6) is 0.899. The number of likely N-dealkylation sites (tertiary alicyclic amines) is 1. The number of allylic oxidation sites excluding steroid dienone is 4. The maximum absolute atomic E-state index is 12.8. The molecule has 1 saturated heterocycles. The summed E-state index contributed by atoms with van der Waals surface area (Å²) in [4.78, 5) is 27.4. The molecule has 1 aliphatic heterocycles. The number of aliphatic hydroxyl groups excluding tert-OH is 2. The first kappa shape index (κ1) is 25.0. The number of piperidine rings is 1. The van der Waals surface area contributed by atoms with Crippen molar-refractivity contribution in [3.8, 4) is 5.88 Å². The smallest absolute Gasteiger partial charge is 0.251 e. The number of H-pyrrole nitrogens is 1. The highest BCUT2D eigenvalue weighted by atomic mass is 16.5. The largest absolute Gasteiger partial charge is 0.512 e. The third-order valence-electron chi connectivity index (χ3n) is 7.28. The lowest BCUT2D eigenvalue weighted by molar-refractivity contribution is 0.0849. The number of carbonyl (C=O) groups excluding carboxylic acids is 1. The lowest BCUT2D eigenvalue weighted by Crippen LogP contribution is -2.45. The molecule has 1 amide bonds. The number of fused-ring (bicyclic) bond motifs is 1. The number of aromatic amines is 1. The Hall–Kier alpha value is -3.69. The number of benzene rings is 1. The van der Waals surface area contributed by atoms with E-state index in [4.69, 9.17) is 9.72 Å². The van der Waals surface area contributed by atoms with Gasteiger partial charge in [0.1, 0.15) is 11.6 Å². The third-order valence-corrected chi connectivity index (χ3v) is 7.28. The van der Waals surface area contributed by atoms with Gasteiger partial charge in [0, 0.05) is 36.5 Å². The fraction of sp³-hybridized carbons (Fsp3) is 0.393. The molecule has 0 bridgehead atoms. The highest BCUT2D eigenvalue weighted by molar-refractivity contribution is 5.97. The SMILES string of the molecule is COc1ncccc1C1=CC=C(O)C(c2nc3ccc(C(=O)NCCN4CCCCC4CO)cc3[nH]2)C1. The normalized spacial score (nSPS) is 20.4. The van der Waals surface area contributed by atoms with Crippen LogP contribution in [-0.2, 0) is 0 Å². The average Bonchev–Trinajstić information content (AvgIpc) is 3.36. The van der Waals surface area contributed by atoms with Crippen molar-refractivity contribution in [1.29, 1.82) is 0 Å².